The van der Waals surface area contributed by atoms with E-state index in [-0.39, 0.29) is 10.7 Å². The van der Waals surface area contributed by atoms with Crippen LogP contribution in [0.25, 0.3) is 0 Å². The molecule has 1 aromatic heterocycles. The summed E-state index contributed by atoms with van der Waals surface area (Å²) in [6.07, 6.45) is 1.97. The van der Waals surface area contributed by atoms with Crippen LogP contribution in [0.1, 0.15) is 25.6 Å². The average molecular weight is 267 g/mol. The summed E-state index contributed by atoms with van der Waals surface area (Å²) in [6.45, 7) is 6.54. The Balaban J connectivity index is 2.42. The summed E-state index contributed by atoms with van der Waals surface area (Å²) in [4.78, 5) is 17.0. The van der Waals surface area contributed by atoms with E-state index in [1.54, 1.807) is 6.92 Å². The normalized spacial score (nSPS) is 18.8. The molecule has 0 saturated carbocycles. The van der Waals surface area contributed by atoms with Gasteiger partial charge in [-0.05, 0) is 29.3 Å². The van der Waals surface area contributed by atoms with Gasteiger partial charge >= 0.3 is 5.82 Å². The van der Waals surface area contributed by atoms with Gasteiger partial charge in [0.1, 0.15) is 0 Å². The fourth-order valence-corrected chi connectivity index (χ4v) is 2.63. The SMILES string of the molecule is CCCN(c1c([N+](=O)[O-])nc(C)n1C)C1CCNC1. The third-order valence-corrected chi connectivity index (χ3v) is 3.66. The topological polar surface area (TPSA) is 76.2 Å². The molecule has 0 amide bonds. The molecule has 106 valence electrons. The highest BCUT2D eigenvalue weighted by molar-refractivity contribution is 5.56. The number of nitrogens with one attached hydrogen (secondary N) is 1. The summed E-state index contributed by atoms with van der Waals surface area (Å²) in [5.41, 5.74) is 0. The van der Waals surface area contributed by atoms with Gasteiger partial charge in [-0.3, -0.25) is 4.57 Å². The van der Waals surface area contributed by atoms with Crippen LogP contribution in [0.4, 0.5) is 11.6 Å². The molecule has 0 aromatic carbocycles. The fourth-order valence-electron chi connectivity index (χ4n) is 2.63. The van der Waals surface area contributed by atoms with E-state index >= 15 is 0 Å². The highest BCUT2D eigenvalue weighted by Gasteiger charge is 2.32. The number of aromatic nitrogens is 2. The first-order valence-corrected chi connectivity index (χ1v) is 6.71. The maximum Gasteiger partial charge on any atom is 0.406 e. The quantitative estimate of drug-likeness (QED) is 0.641. The lowest BCUT2D eigenvalue weighted by Crippen LogP contribution is -2.39. The molecular formula is C12H21N5O2. The van der Waals surface area contributed by atoms with E-state index in [4.69, 9.17) is 0 Å². The van der Waals surface area contributed by atoms with Gasteiger partial charge in [-0.25, -0.2) is 0 Å². The van der Waals surface area contributed by atoms with Crippen molar-refractivity contribution < 1.29 is 4.92 Å². The second-order valence-electron chi connectivity index (χ2n) is 4.96. The Kier molecular flexibility index (Phi) is 4.04. The number of rotatable bonds is 5. The van der Waals surface area contributed by atoms with Crippen LogP contribution in [-0.2, 0) is 7.05 Å². The minimum atomic E-state index is -0.382. The molecule has 1 fully saturated rings. The maximum atomic E-state index is 11.2. The van der Waals surface area contributed by atoms with Crippen LogP contribution in [-0.4, -0.2) is 40.2 Å². The molecule has 1 saturated heterocycles. The van der Waals surface area contributed by atoms with Gasteiger partial charge in [0.2, 0.25) is 11.6 Å². The van der Waals surface area contributed by atoms with Gasteiger partial charge in [0.15, 0.2) is 0 Å². The molecular weight excluding hydrogens is 246 g/mol. The molecule has 2 heterocycles. The Morgan fingerprint density at radius 2 is 2.37 bits per heavy atom. The standard InChI is InChI=1S/C12H21N5O2/c1-4-7-16(10-5-6-13-8-10)12-11(17(18)19)14-9(2)15(12)3/h10,13H,4-8H2,1-3H3. The van der Waals surface area contributed by atoms with Gasteiger partial charge in [0, 0.05) is 33.1 Å². The number of aryl methyl sites for hydroxylation is 1. The summed E-state index contributed by atoms with van der Waals surface area (Å²) in [6, 6.07) is 0.313. The average Bonchev–Trinajstić information content (AvgIpc) is 2.97. The van der Waals surface area contributed by atoms with Crippen molar-refractivity contribution >= 4 is 11.6 Å². The number of imidazole rings is 1. The molecule has 1 aromatic rings. The van der Waals surface area contributed by atoms with Crippen molar-refractivity contribution in [3.63, 3.8) is 0 Å². The zero-order chi connectivity index (χ0) is 14.0. The molecule has 7 heteroatoms. The molecule has 0 aliphatic carbocycles. The van der Waals surface area contributed by atoms with E-state index in [1.807, 2.05) is 11.6 Å². The number of nitrogens with zero attached hydrogens (tertiary/aromatic N) is 4. The Bertz CT molecular complexity index is 465. The van der Waals surface area contributed by atoms with E-state index in [0.717, 1.165) is 32.5 Å². The molecule has 1 unspecified atom stereocenters. The van der Waals surface area contributed by atoms with Gasteiger partial charge in [-0.15, -0.1) is 0 Å². The fraction of sp³-hybridized carbons (Fsp3) is 0.750. The van der Waals surface area contributed by atoms with Crippen molar-refractivity contribution in [2.45, 2.75) is 32.7 Å². The Hall–Kier alpha value is -1.63. The smallest absolute Gasteiger partial charge is 0.358 e. The van der Waals surface area contributed by atoms with E-state index in [2.05, 4.69) is 22.1 Å². The molecule has 7 nitrogen and oxygen atoms in total. The molecule has 0 spiro atoms. The van der Waals surface area contributed by atoms with Crippen LogP contribution in [0.5, 0.6) is 0 Å². The molecule has 1 aliphatic rings. The molecule has 0 bridgehead atoms. The number of hydrogen-bond acceptors (Lipinski definition) is 5. The monoisotopic (exact) mass is 267 g/mol. The number of anilines is 1. The van der Waals surface area contributed by atoms with Gasteiger partial charge in [0.25, 0.3) is 0 Å². The van der Waals surface area contributed by atoms with E-state index in [1.165, 1.54) is 0 Å². The lowest BCUT2D eigenvalue weighted by atomic mass is 10.2. The predicted octanol–water partition coefficient (Wildman–Crippen LogP) is 1.22. The van der Waals surface area contributed by atoms with Crippen molar-refractivity contribution in [2.75, 3.05) is 24.5 Å². The van der Waals surface area contributed by atoms with Crippen LogP contribution in [0, 0.1) is 17.0 Å². The van der Waals surface area contributed by atoms with E-state index in [9.17, 15) is 10.1 Å². The van der Waals surface area contributed by atoms with Crippen molar-refractivity contribution in [1.29, 1.82) is 0 Å². The summed E-state index contributed by atoms with van der Waals surface area (Å²) < 4.78 is 1.83. The third-order valence-electron chi connectivity index (χ3n) is 3.66. The van der Waals surface area contributed by atoms with Gasteiger partial charge < -0.3 is 20.3 Å². The third kappa shape index (κ3) is 2.56. The van der Waals surface area contributed by atoms with Crippen molar-refractivity contribution in [3.05, 3.63) is 15.9 Å². The lowest BCUT2D eigenvalue weighted by Gasteiger charge is -2.29. The summed E-state index contributed by atoms with van der Waals surface area (Å²) >= 11 is 0. The number of nitro groups is 1. The molecule has 2 rings (SSSR count). The van der Waals surface area contributed by atoms with Crippen LogP contribution >= 0.6 is 0 Å². The number of hydrogen-bond donors (Lipinski definition) is 1. The van der Waals surface area contributed by atoms with Crippen molar-refractivity contribution in [1.82, 2.24) is 14.9 Å². The second kappa shape index (κ2) is 5.56. The zero-order valence-electron chi connectivity index (χ0n) is 11.7. The summed E-state index contributed by atoms with van der Waals surface area (Å²) in [5.74, 6) is 1.28. The van der Waals surface area contributed by atoms with Crippen LogP contribution in [0.3, 0.4) is 0 Å². The van der Waals surface area contributed by atoms with E-state index < -0.39 is 0 Å². The molecule has 1 aliphatic heterocycles. The van der Waals surface area contributed by atoms with E-state index in [0.29, 0.717) is 17.7 Å². The predicted molar refractivity (Wildman–Crippen MR) is 73.5 cm³/mol. The Labute approximate surface area is 112 Å². The summed E-state index contributed by atoms with van der Waals surface area (Å²) in [5, 5.41) is 14.5. The van der Waals surface area contributed by atoms with Gasteiger partial charge in [0.05, 0.1) is 0 Å². The lowest BCUT2D eigenvalue weighted by molar-refractivity contribution is -0.388. The minimum absolute atomic E-state index is 0.0275. The minimum Gasteiger partial charge on any atom is -0.358 e. The molecule has 0 radical (unpaired) electrons. The van der Waals surface area contributed by atoms with Crippen LogP contribution < -0.4 is 10.2 Å². The Morgan fingerprint density at radius 3 is 2.89 bits per heavy atom. The first kappa shape index (κ1) is 13.8. The zero-order valence-corrected chi connectivity index (χ0v) is 11.7. The second-order valence-corrected chi connectivity index (χ2v) is 4.96. The van der Waals surface area contributed by atoms with Gasteiger partial charge in [-0.1, -0.05) is 6.92 Å². The highest BCUT2D eigenvalue weighted by atomic mass is 16.6. The Morgan fingerprint density at radius 1 is 1.63 bits per heavy atom. The van der Waals surface area contributed by atoms with Crippen LogP contribution in [0.2, 0.25) is 0 Å². The van der Waals surface area contributed by atoms with Crippen molar-refractivity contribution in [2.24, 2.45) is 7.05 Å². The first-order chi connectivity index (χ1) is 9.06. The molecule has 19 heavy (non-hydrogen) atoms. The van der Waals surface area contributed by atoms with Crippen molar-refractivity contribution in [3.8, 4) is 0 Å². The summed E-state index contributed by atoms with van der Waals surface area (Å²) in [7, 11) is 1.84. The first-order valence-electron chi connectivity index (χ1n) is 6.71. The largest absolute Gasteiger partial charge is 0.406 e. The molecule has 1 N–H and O–H groups in total. The maximum absolute atomic E-state index is 11.2. The highest BCUT2D eigenvalue weighted by Crippen LogP contribution is 2.30. The van der Waals surface area contributed by atoms with Crippen LogP contribution in [0.15, 0.2) is 0 Å². The van der Waals surface area contributed by atoms with Gasteiger partial charge in [-0.2, -0.15) is 0 Å². The molecule has 1 atom stereocenters.